The maximum Gasteiger partial charge on any atom is 0.220 e. The van der Waals surface area contributed by atoms with Crippen molar-refractivity contribution in [3.63, 3.8) is 0 Å². The molecule has 1 heterocycles. The van der Waals surface area contributed by atoms with Crippen molar-refractivity contribution in [2.24, 2.45) is 0 Å². The third-order valence-corrected chi connectivity index (χ3v) is 3.58. The molecule has 1 aliphatic heterocycles. The lowest BCUT2D eigenvalue weighted by Crippen LogP contribution is -2.30. The van der Waals surface area contributed by atoms with Crippen LogP contribution in [0.4, 0.5) is 4.39 Å². The molecule has 108 valence electrons. The van der Waals surface area contributed by atoms with E-state index in [-0.39, 0.29) is 17.6 Å². The van der Waals surface area contributed by atoms with E-state index >= 15 is 0 Å². The van der Waals surface area contributed by atoms with Crippen LogP contribution < -0.4 is 10.6 Å². The topological polar surface area (TPSA) is 41.1 Å². The van der Waals surface area contributed by atoms with Crippen molar-refractivity contribution in [1.82, 2.24) is 10.6 Å². The van der Waals surface area contributed by atoms with Crippen molar-refractivity contribution in [2.45, 2.75) is 25.7 Å². The quantitative estimate of drug-likeness (QED) is 0.811. The monoisotopic (exact) mass is 276 g/mol. The lowest BCUT2D eigenvalue weighted by Gasteiger charge is -2.16. The summed E-state index contributed by atoms with van der Waals surface area (Å²) in [4.78, 5) is 11.9. The third kappa shape index (κ3) is 4.46. The molecule has 0 spiro atoms. The van der Waals surface area contributed by atoms with E-state index in [1.54, 1.807) is 6.07 Å². The summed E-state index contributed by atoms with van der Waals surface area (Å²) in [5.41, 5.74) is 2.14. The van der Waals surface area contributed by atoms with E-state index in [4.69, 9.17) is 0 Å². The van der Waals surface area contributed by atoms with Gasteiger partial charge in [0.15, 0.2) is 0 Å². The molecule has 2 rings (SSSR count). The maximum atomic E-state index is 13.1. The molecule has 1 aromatic carbocycles. The Morgan fingerprint density at radius 3 is 3.05 bits per heavy atom. The second-order valence-corrected chi connectivity index (χ2v) is 5.25. The molecule has 0 radical (unpaired) electrons. The Morgan fingerprint density at radius 1 is 1.50 bits per heavy atom. The smallest absolute Gasteiger partial charge is 0.220 e. The molecule has 0 bridgehead atoms. The van der Waals surface area contributed by atoms with Gasteiger partial charge in [-0.1, -0.05) is 30.7 Å². The van der Waals surface area contributed by atoms with Gasteiger partial charge in [0.25, 0.3) is 0 Å². The van der Waals surface area contributed by atoms with Crippen LogP contribution in [0.1, 0.15) is 31.2 Å². The van der Waals surface area contributed by atoms with Crippen LogP contribution >= 0.6 is 0 Å². The van der Waals surface area contributed by atoms with Gasteiger partial charge >= 0.3 is 0 Å². The first-order valence-corrected chi connectivity index (χ1v) is 7.06. The van der Waals surface area contributed by atoms with Crippen LogP contribution in [-0.2, 0) is 4.79 Å². The van der Waals surface area contributed by atoms with Gasteiger partial charge < -0.3 is 10.6 Å². The molecule has 0 aromatic heterocycles. The fraction of sp³-hybridized carbons (Fsp3) is 0.438. The number of hydrogen-bond donors (Lipinski definition) is 2. The molecule has 0 saturated heterocycles. The Hall–Kier alpha value is -1.68. The van der Waals surface area contributed by atoms with Crippen molar-refractivity contribution in [1.29, 1.82) is 0 Å². The normalized spacial score (nSPS) is 16.4. The fourth-order valence-corrected chi connectivity index (χ4v) is 2.32. The molecule has 1 atom stereocenters. The van der Waals surface area contributed by atoms with E-state index in [9.17, 15) is 9.18 Å². The van der Waals surface area contributed by atoms with Crippen LogP contribution in [0.15, 0.2) is 35.9 Å². The molecule has 1 unspecified atom stereocenters. The molecule has 2 N–H and O–H groups in total. The maximum absolute atomic E-state index is 13.1. The van der Waals surface area contributed by atoms with Crippen LogP contribution in [0.5, 0.6) is 0 Å². The first-order chi connectivity index (χ1) is 9.65. The van der Waals surface area contributed by atoms with Crippen molar-refractivity contribution >= 4 is 5.91 Å². The fourth-order valence-electron chi connectivity index (χ4n) is 2.32. The van der Waals surface area contributed by atoms with Gasteiger partial charge in [-0.3, -0.25) is 4.79 Å². The van der Waals surface area contributed by atoms with Crippen molar-refractivity contribution in [2.75, 3.05) is 19.6 Å². The Kier molecular flexibility index (Phi) is 5.30. The zero-order valence-electron chi connectivity index (χ0n) is 11.8. The van der Waals surface area contributed by atoms with Crippen LogP contribution in [-0.4, -0.2) is 25.5 Å². The number of nitrogens with one attached hydrogen (secondary N) is 2. The van der Waals surface area contributed by atoms with E-state index in [1.807, 2.05) is 13.0 Å². The molecule has 0 fully saturated rings. The van der Waals surface area contributed by atoms with E-state index < -0.39 is 0 Å². The first kappa shape index (κ1) is 14.7. The summed E-state index contributed by atoms with van der Waals surface area (Å²) in [5, 5.41) is 6.18. The minimum Gasteiger partial charge on any atom is -0.352 e. The van der Waals surface area contributed by atoms with Crippen LogP contribution in [0.3, 0.4) is 0 Å². The molecule has 20 heavy (non-hydrogen) atoms. The number of carbonyl (C=O) groups excluding carboxylic acids is 1. The Bertz CT molecular complexity index is 499. The molecule has 3 nitrogen and oxygen atoms in total. The second kappa shape index (κ2) is 7.20. The lowest BCUT2D eigenvalue weighted by atomic mass is 9.97. The van der Waals surface area contributed by atoms with Crippen molar-refractivity contribution < 1.29 is 9.18 Å². The van der Waals surface area contributed by atoms with Gasteiger partial charge in [-0.25, -0.2) is 4.39 Å². The van der Waals surface area contributed by atoms with Gasteiger partial charge in [-0.05, 0) is 36.6 Å². The van der Waals surface area contributed by atoms with Crippen LogP contribution in [0.25, 0.3) is 0 Å². The molecule has 0 aliphatic carbocycles. The number of rotatable bonds is 5. The summed E-state index contributed by atoms with van der Waals surface area (Å²) in [6.07, 6.45) is 3.49. The standard InChI is InChI=1S/C16H21FN2O/c1-12(14-3-2-4-15(17)10-14)9-16(20)19-11-13-5-7-18-8-6-13/h2-5,10,12,18H,6-9,11H2,1H3,(H,19,20). The third-order valence-electron chi connectivity index (χ3n) is 3.58. The van der Waals surface area contributed by atoms with Gasteiger partial charge in [-0.2, -0.15) is 0 Å². The van der Waals surface area contributed by atoms with Gasteiger partial charge in [0, 0.05) is 19.5 Å². The highest BCUT2D eigenvalue weighted by molar-refractivity contribution is 5.77. The van der Waals surface area contributed by atoms with Crippen LogP contribution in [0, 0.1) is 5.82 Å². The number of hydrogen-bond acceptors (Lipinski definition) is 2. The molecule has 1 aliphatic rings. The highest BCUT2D eigenvalue weighted by Crippen LogP contribution is 2.19. The van der Waals surface area contributed by atoms with Crippen LogP contribution in [0.2, 0.25) is 0 Å². The predicted octanol–water partition coefficient (Wildman–Crippen LogP) is 2.36. The average molecular weight is 276 g/mol. The molecular formula is C16H21FN2O. The van der Waals surface area contributed by atoms with E-state index in [0.717, 1.165) is 25.1 Å². The Morgan fingerprint density at radius 2 is 2.35 bits per heavy atom. The van der Waals surface area contributed by atoms with Crippen molar-refractivity contribution in [3.8, 4) is 0 Å². The molecular weight excluding hydrogens is 255 g/mol. The molecule has 4 heteroatoms. The van der Waals surface area contributed by atoms with Crippen molar-refractivity contribution in [3.05, 3.63) is 47.3 Å². The largest absolute Gasteiger partial charge is 0.352 e. The summed E-state index contributed by atoms with van der Waals surface area (Å²) in [5.74, 6) is -0.219. The predicted molar refractivity (Wildman–Crippen MR) is 78.0 cm³/mol. The SMILES string of the molecule is CC(CC(=O)NCC1=CCNCC1)c1cccc(F)c1. The van der Waals surface area contributed by atoms with Gasteiger partial charge in [0.1, 0.15) is 5.82 Å². The minimum absolute atomic E-state index is 0.0150. The number of halogens is 1. The number of amides is 1. The summed E-state index contributed by atoms with van der Waals surface area (Å²) in [6.45, 7) is 4.42. The zero-order chi connectivity index (χ0) is 14.4. The second-order valence-electron chi connectivity index (χ2n) is 5.25. The van der Waals surface area contributed by atoms with Gasteiger partial charge in [-0.15, -0.1) is 0 Å². The average Bonchev–Trinajstić information content (AvgIpc) is 2.46. The first-order valence-electron chi connectivity index (χ1n) is 7.06. The van der Waals surface area contributed by atoms with E-state index in [0.29, 0.717) is 13.0 Å². The van der Waals surface area contributed by atoms with E-state index in [1.165, 1.54) is 17.7 Å². The number of carbonyl (C=O) groups is 1. The Labute approximate surface area is 119 Å². The minimum atomic E-state index is -0.255. The summed E-state index contributed by atoms with van der Waals surface area (Å²) >= 11 is 0. The summed E-state index contributed by atoms with van der Waals surface area (Å²) in [6, 6.07) is 6.45. The highest BCUT2D eigenvalue weighted by Gasteiger charge is 2.12. The Balaban J connectivity index is 1.80. The summed E-state index contributed by atoms with van der Waals surface area (Å²) < 4.78 is 13.1. The lowest BCUT2D eigenvalue weighted by molar-refractivity contribution is -0.121. The zero-order valence-corrected chi connectivity index (χ0v) is 11.8. The molecule has 1 aromatic rings. The highest BCUT2D eigenvalue weighted by atomic mass is 19.1. The number of benzene rings is 1. The molecule has 1 amide bonds. The van der Waals surface area contributed by atoms with Gasteiger partial charge in [0.05, 0.1) is 0 Å². The van der Waals surface area contributed by atoms with E-state index in [2.05, 4.69) is 16.7 Å². The molecule has 0 saturated carbocycles. The summed E-state index contributed by atoms with van der Waals surface area (Å²) in [7, 11) is 0. The van der Waals surface area contributed by atoms with Gasteiger partial charge in [0.2, 0.25) is 5.91 Å².